The number of hydrogen-bond donors (Lipinski definition) is 3. The summed E-state index contributed by atoms with van der Waals surface area (Å²) in [6.07, 6.45) is -5.92. The number of nitrogens with one attached hydrogen (secondary N) is 2. The molecule has 2 amide bonds. The van der Waals surface area contributed by atoms with E-state index in [9.17, 15) is 27.2 Å². The summed E-state index contributed by atoms with van der Waals surface area (Å²) in [5.74, 6) is -3.85. The Morgan fingerprint density at radius 2 is 1.51 bits per heavy atom. The molecular formula is C25H31F4N3O3. The minimum atomic E-state index is -4.79. The minimum Gasteiger partial charge on any atom is -0.481 e. The number of urea groups is 1. The highest BCUT2D eigenvalue weighted by molar-refractivity contribution is 6.02. The van der Waals surface area contributed by atoms with Crippen molar-refractivity contribution in [2.45, 2.75) is 46.2 Å². The molecule has 2 rings (SSSR count). The summed E-state index contributed by atoms with van der Waals surface area (Å²) >= 11 is 0. The third-order valence-electron chi connectivity index (χ3n) is 5.06. The number of carboxylic acid groups (broad SMARTS) is 1. The van der Waals surface area contributed by atoms with Crippen molar-refractivity contribution in [2.24, 2.45) is 11.8 Å². The highest BCUT2D eigenvalue weighted by atomic mass is 19.4. The van der Waals surface area contributed by atoms with Gasteiger partial charge in [0.2, 0.25) is 0 Å². The van der Waals surface area contributed by atoms with Crippen LogP contribution in [0.5, 0.6) is 0 Å². The fraction of sp³-hybridized carbons (Fsp3) is 0.440. The number of amides is 2. The number of carboxylic acids is 1. The normalized spacial score (nSPS) is 12.5. The van der Waals surface area contributed by atoms with Gasteiger partial charge in [-0.3, -0.25) is 4.79 Å². The van der Waals surface area contributed by atoms with E-state index in [1.807, 2.05) is 32.6 Å². The quantitative estimate of drug-likeness (QED) is 0.319. The summed E-state index contributed by atoms with van der Waals surface area (Å²) in [7, 11) is 0. The van der Waals surface area contributed by atoms with Crippen molar-refractivity contribution in [3.63, 3.8) is 0 Å². The fourth-order valence-corrected chi connectivity index (χ4v) is 3.71. The van der Waals surface area contributed by atoms with Gasteiger partial charge in [0.15, 0.2) is 0 Å². The Hall–Kier alpha value is -3.30. The van der Waals surface area contributed by atoms with Crippen LogP contribution in [0, 0.1) is 17.7 Å². The van der Waals surface area contributed by atoms with Gasteiger partial charge < -0.3 is 20.6 Å². The van der Waals surface area contributed by atoms with Gasteiger partial charge in [-0.1, -0.05) is 33.8 Å². The molecule has 0 spiro atoms. The number of rotatable bonds is 10. The number of halogens is 4. The Bertz CT molecular complexity index is 998. The number of carbonyl (C=O) groups is 2. The predicted octanol–water partition coefficient (Wildman–Crippen LogP) is 6.71. The van der Waals surface area contributed by atoms with Gasteiger partial charge in [-0.25, -0.2) is 9.18 Å². The Morgan fingerprint density at radius 3 is 2.00 bits per heavy atom. The molecule has 2 aromatic carbocycles. The van der Waals surface area contributed by atoms with Crippen LogP contribution in [-0.4, -0.2) is 36.4 Å². The fourth-order valence-electron chi connectivity index (χ4n) is 3.71. The number of carbonyl (C=O) groups excluding carboxylic acids is 1. The smallest absolute Gasteiger partial charge is 0.396 e. The number of benzene rings is 2. The topological polar surface area (TPSA) is 81.7 Å². The van der Waals surface area contributed by atoms with E-state index in [0.29, 0.717) is 24.5 Å². The first-order chi connectivity index (χ1) is 16.3. The molecule has 0 fully saturated rings. The molecule has 1 atom stereocenters. The van der Waals surface area contributed by atoms with Crippen LogP contribution in [0.3, 0.4) is 0 Å². The van der Waals surface area contributed by atoms with E-state index in [-0.39, 0.29) is 23.1 Å². The van der Waals surface area contributed by atoms with Crippen LogP contribution in [0.25, 0.3) is 0 Å². The molecule has 3 N–H and O–H groups in total. The maximum Gasteiger partial charge on any atom is 0.396 e. The van der Waals surface area contributed by atoms with Crippen molar-refractivity contribution in [1.82, 2.24) is 0 Å². The van der Waals surface area contributed by atoms with Crippen molar-refractivity contribution in [3.8, 4) is 0 Å². The van der Waals surface area contributed by atoms with Crippen LogP contribution >= 0.6 is 0 Å². The van der Waals surface area contributed by atoms with Crippen LogP contribution in [0.1, 0.15) is 45.6 Å². The van der Waals surface area contributed by atoms with E-state index >= 15 is 0 Å². The average Bonchev–Trinajstić information content (AvgIpc) is 2.71. The lowest BCUT2D eigenvalue weighted by atomic mass is 9.94. The Labute approximate surface area is 202 Å². The van der Waals surface area contributed by atoms with Crippen LogP contribution in [-0.2, 0) is 4.79 Å². The SMILES string of the molecule is CC(C)CN(CC(C)C)c1ccc(C(CC(=O)O)C(F)(F)F)cc1NC(=O)Nc1ccc(F)cc1. The zero-order valence-corrected chi connectivity index (χ0v) is 20.1. The third-order valence-corrected chi connectivity index (χ3v) is 5.06. The predicted molar refractivity (Wildman–Crippen MR) is 128 cm³/mol. The molecule has 0 aliphatic rings. The van der Waals surface area contributed by atoms with Crippen molar-refractivity contribution in [3.05, 3.63) is 53.8 Å². The zero-order chi connectivity index (χ0) is 26.3. The van der Waals surface area contributed by atoms with E-state index < -0.39 is 36.3 Å². The lowest BCUT2D eigenvalue weighted by molar-refractivity contribution is -0.163. The first-order valence-corrected chi connectivity index (χ1v) is 11.3. The summed E-state index contributed by atoms with van der Waals surface area (Å²) < 4.78 is 54.2. The Kier molecular flexibility index (Phi) is 9.50. The molecule has 0 saturated carbocycles. The largest absolute Gasteiger partial charge is 0.481 e. The molecule has 0 saturated heterocycles. The second-order valence-electron chi connectivity index (χ2n) is 9.25. The highest BCUT2D eigenvalue weighted by Gasteiger charge is 2.42. The summed E-state index contributed by atoms with van der Waals surface area (Å²) in [6.45, 7) is 9.18. The molecule has 0 aliphatic heterocycles. The van der Waals surface area contributed by atoms with Crippen LogP contribution in [0.2, 0.25) is 0 Å². The van der Waals surface area contributed by atoms with Crippen LogP contribution in [0.15, 0.2) is 42.5 Å². The molecule has 0 radical (unpaired) electrons. The van der Waals surface area contributed by atoms with E-state index in [4.69, 9.17) is 5.11 Å². The number of hydrogen-bond acceptors (Lipinski definition) is 3. The Morgan fingerprint density at radius 1 is 0.943 bits per heavy atom. The van der Waals surface area contributed by atoms with Gasteiger partial charge in [-0.15, -0.1) is 0 Å². The second kappa shape index (κ2) is 11.9. The maximum absolute atomic E-state index is 13.7. The van der Waals surface area contributed by atoms with E-state index in [2.05, 4.69) is 10.6 Å². The van der Waals surface area contributed by atoms with Crippen LogP contribution < -0.4 is 15.5 Å². The zero-order valence-electron chi connectivity index (χ0n) is 20.1. The molecular weight excluding hydrogens is 466 g/mol. The molecule has 0 bridgehead atoms. The van der Waals surface area contributed by atoms with Crippen molar-refractivity contribution in [1.29, 1.82) is 0 Å². The molecule has 6 nitrogen and oxygen atoms in total. The van der Waals surface area contributed by atoms with Crippen molar-refractivity contribution >= 4 is 29.1 Å². The van der Waals surface area contributed by atoms with Gasteiger partial charge in [-0.2, -0.15) is 13.2 Å². The highest BCUT2D eigenvalue weighted by Crippen LogP contribution is 2.40. The van der Waals surface area contributed by atoms with E-state index in [1.165, 1.54) is 30.3 Å². The standard InChI is InChI=1S/C25H31F4N3O3/c1-15(2)13-32(14-16(3)4)22-10-5-17(20(12-23(33)34)25(27,28)29)11-21(22)31-24(35)30-19-8-6-18(26)7-9-19/h5-11,15-16,20H,12-14H2,1-4H3,(H,33,34)(H2,30,31,35). The number of anilines is 3. The molecule has 35 heavy (non-hydrogen) atoms. The summed E-state index contributed by atoms with van der Waals surface area (Å²) in [5.41, 5.74) is 0.654. The van der Waals surface area contributed by atoms with Gasteiger partial charge in [0.25, 0.3) is 0 Å². The van der Waals surface area contributed by atoms with Crippen LogP contribution in [0.4, 0.5) is 39.4 Å². The van der Waals surface area contributed by atoms with E-state index in [1.54, 1.807) is 0 Å². The van der Waals surface area contributed by atoms with E-state index in [0.717, 1.165) is 12.1 Å². The molecule has 0 aromatic heterocycles. The molecule has 0 heterocycles. The van der Waals surface area contributed by atoms with Gasteiger partial charge in [0.1, 0.15) is 5.82 Å². The first kappa shape index (κ1) is 27.9. The second-order valence-corrected chi connectivity index (χ2v) is 9.25. The molecule has 192 valence electrons. The van der Waals surface area contributed by atoms with Crippen molar-refractivity contribution in [2.75, 3.05) is 28.6 Å². The van der Waals surface area contributed by atoms with Crippen molar-refractivity contribution < 1.29 is 32.3 Å². The summed E-state index contributed by atoms with van der Waals surface area (Å²) in [5, 5.41) is 14.2. The number of nitrogens with zero attached hydrogens (tertiary/aromatic N) is 1. The van der Waals surface area contributed by atoms with Gasteiger partial charge in [0.05, 0.1) is 23.7 Å². The summed E-state index contributed by atoms with van der Waals surface area (Å²) in [6, 6.07) is 8.20. The molecule has 2 aromatic rings. The lowest BCUT2D eigenvalue weighted by Crippen LogP contribution is -2.33. The molecule has 10 heteroatoms. The maximum atomic E-state index is 13.7. The average molecular weight is 498 g/mol. The minimum absolute atomic E-state index is 0.114. The third kappa shape index (κ3) is 8.77. The molecule has 0 aliphatic carbocycles. The number of alkyl halides is 3. The Balaban J connectivity index is 2.50. The first-order valence-electron chi connectivity index (χ1n) is 11.3. The lowest BCUT2D eigenvalue weighted by Gasteiger charge is -2.31. The van der Waals surface area contributed by atoms with Gasteiger partial charge in [0, 0.05) is 18.8 Å². The summed E-state index contributed by atoms with van der Waals surface area (Å²) in [4.78, 5) is 25.8. The number of aliphatic carboxylic acids is 1. The van der Waals surface area contributed by atoms with Gasteiger partial charge in [-0.05, 0) is 53.8 Å². The van der Waals surface area contributed by atoms with Gasteiger partial charge >= 0.3 is 18.2 Å². The molecule has 1 unspecified atom stereocenters. The monoisotopic (exact) mass is 497 g/mol.